The molecule has 158 valence electrons. The van der Waals surface area contributed by atoms with E-state index in [1.165, 1.54) is 11.1 Å². The molecule has 5 nitrogen and oxygen atoms in total. The Hall–Kier alpha value is -3.08. The average molecular weight is 407 g/mol. The van der Waals surface area contributed by atoms with Crippen LogP contribution in [0.15, 0.2) is 53.1 Å². The summed E-state index contributed by atoms with van der Waals surface area (Å²) in [5.74, 6) is 2.35. The highest BCUT2D eigenvalue weighted by Gasteiger charge is 2.19. The second-order valence-corrected chi connectivity index (χ2v) is 7.98. The van der Waals surface area contributed by atoms with Crippen LogP contribution in [0.2, 0.25) is 0 Å². The number of hydrogen-bond donors (Lipinski definition) is 1. The fraction of sp³-hybridized carbons (Fsp3) is 0.360. The van der Waals surface area contributed by atoms with Crippen molar-refractivity contribution in [1.82, 2.24) is 10.3 Å². The Labute approximate surface area is 178 Å². The monoisotopic (exact) mass is 406 g/mol. The molecule has 1 atom stereocenters. The lowest BCUT2D eigenvalue weighted by molar-refractivity contribution is -0.122. The number of amides is 1. The molecule has 30 heavy (non-hydrogen) atoms. The number of hydrogen-bond acceptors (Lipinski definition) is 4. The summed E-state index contributed by atoms with van der Waals surface area (Å²) in [6, 6.07) is 14.0. The maximum Gasteiger partial charge on any atom is 0.221 e. The number of benzene rings is 2. The molecule has 0 spiro atoms. The fourth-order valence-corrected chi connectivity index (χ4v) is 3.37. The van der Waals surface area contributed by atoms with Gasteiger partial charge in [-0.15, -0.1) is 0 Å². The van der Waals surface area contributed by atoms with Gasteiger partial charge in [0.2, 0.25) is 5.91 Å². The summed E-state index contributed by atoms with van der Waals surface area (Å²) in [5, 5.41) is 3.14. The van der Waals surface area contributed by atoms with Gasteiger partial charge in [-0.1, -0.05) is 38.1 Å². The molecule has 3 rings (SSSR count). The second-order valence-electron chi connectivity index (χ2n) is 7.98. The molecule has 1 N–H and O–H groups in total. The Bertz CT molecular complexity index is 990. The molecule has 1 heterocycles. The summed E-state index contributed by atoms with van der Waals surface area (Å²) in [6.07, 6.45) is 2.52. The molecule has 0 aliphatic heterocycles. The van der Waals surface area contributed by atoms with E-state index in [2.05, 4.69) is 50.1 Å². The van der Waals surface area contributed by atoms with Crippen molar-refractivity contribution in [2.24, 2.45) is 5.92 Å². The van der Waals surface area contributed by atoms with Gasteiger partial charge in [-0.3, -0.25) is 4.79 Å². The van der Waals surface area contributed by atoms with Crippen LogP contribution in [0, 0.1) is 19.8 Å². The van der Waals surface area contributed by atoms with E-state index in [9.17, 15) is 4.79 Å². The number of carbonyl (C=O) groups is 1. The first-order chi connectivity index (χ1) is 14.4. The van der Waals surface area contributed by atoms with E-state index in [0.717, 1.165) is 22.6 Å². The molecular weight excluding hydrogens is 376 g/mol. The van der Waals surface area contributed by atoms with Crippen LogP contribution in [0.3, 0.4) is 0 Å². The number of nitrogens with zero attached hydrogens (tertiary/aromatic N) is 1. The van der Waals surface area contributed by atoms with Crippen LogP contribution in [-0.2, 0) is 11.2 Å². The summed E-state index contributed by atoms with van der Waals surface area (Å²) >= 11 is 0. The number of carbonyl (C=O) groups excluding carboxylic acids is 1. The summed E-state index contributed by atoms with van der Waals surface area (Å²) in [7, 11) is 1.64. The minimum absolute atomic E-state index is 0.0181. The number of ether oxygens (including phenoxy) is 1. The van der Waals surface area contributed by atoms with Crippen molar-refractivity contribution < 1.29 is 13.9 Å². The highest BCUT2D eigenvalue weighted by atomic mass is 16.5. The molecule has 0 saturated carbocycles. The van der Waals surface area contributed by atoms with Crippen LogP contribution in [0.4, 0.5) is 0 Å². The van der Waals surface area contributed by atoms with E-state index < -0.39 is 0 Å². The predicted molar refractivity (Wildman–Crippen MR) is 118 cm³/mol. The number of aromatic nitrogens is 1. The lowest BCUT2D eigenvalue weighted by Crippen LogP contribution is -2.31. The van der Waals surface area contributed by atoms with Crippen molar-refractivity contribution >= 4 is 5.91 Å². The lowest BCUT2D eigenvalue weighted by Gasteiger charge is -2.23. The van der Waals surface area contributed by atoms with Crippen LogP contribution >= 0.6 is 0 Å². The van der Waals surface area contributed by atoms with Gasteiger partial charge in [-0.2, -0.15) is 0 Å². The standard InChI is InChI=1S/C25H30N2O3/c1-16(2)25(19-8-10-21(29-5)11-9-19)27-23(28)12-13-24-26-15-22(30-24)20-7-6-17(3)18(4)14-20/h6-11,14-16,25H,12-13H2,1-5H3,(H,27,28)/t25-/m0/s1. The molecule has 0 fully saturated rings. The third-order valence-electron chi connectivity index (χ3n) is 5.37. The van der Waals surface area contributed by atoms with Gasteiger partial charge in [0.25, 0.3) is 0 Å². The normalized spacial score (nSPS) is 12.1. The Morgan fingerprint density at radius 3 is 2.47 bits per heavy atom. The van der Waals surface area contributed by atoms with Gasteiger partial charge in [0.1, 0.15) is 5.75 Å². The number of oxazole rings is 1. The van der Waals surface area contributed by atoms with Crippen molar-refractivity contribution in [2.75, 3.05) is 7.11 Å². The van der Waals surface area contributed by atoms with Gasteiger partial charge >= 0.3 is 0 Å². The van der Waals surface area contributed by atoms with Gasteiger partial charge in [-0.25, -0.2) is 4.98 Å². The van der Waals surface area contributed by atoms with Crippen LogP contribution in [0.5, 0.6) is 5.75 Å². The Morgan fingerprint density at radius 2 is 1.83 bits per heavy atom. The summed E-state index contributed by atoms with van der Waals surface area (Å²) < 4.78 is 11.1. The van der Waals surface area contributed by atoms with E-state index >= 15 is 0 Å². The molecule has 0 bridgehead atoms. The van der Waals surface area contributed by atoms with Gasteiger partial charge in [0, 0.05) is 18.4 Å². The molecule has 5 heteroatoms. The van der Waals surface area contributed by atoms with Crippen LogP contribution in [0.1, 0.15) is 48.9 Å². The van der Waals surface area contributed by atoms with E-state index in [1.807, 2.05) is 30.3 Å². The Kier molecular flexibility index (Phi) is 6.93. The minimum atomic E-state index is -0.0564. The zero-order chi connectivity index (χ0) is 21.7. The summed E-state index contributed by atoms with van der Waals surface area (Å²) in [5.41, 5.74) is 4.52. The van der Waals surface area contributed by atoms with Gasteiger partial charge in [-0.05, 0) is 54.7 Å². The van der Waals surface area contributed by atoms with Crippen molar-refractivity contribution in [3.63, 3.8) is 0 Å². The molecule has 0 saturated heterocycles. The highest BCUT2D eigenvalue weighted by Crippen LogP contribution is 2.25. The SMILES string of the molecule is COc1ccc([C@@H](NC(=O)CCc2ncc(-c3ccc(C)c(C)c3)o2)C(C)C)cc1. The number of rotatable bonds is 8. The molecular formula is C25H30N2O3. The molecule has 3 aromatic rings. The van der Waals surface area contributed by atoms with E-state index in [1.54, 1.807) is 13.3 Å². The average Bonchev–Trinajstić information content (AvgIpc) is 3.21. The highest BCUT2D eigenvalue weighted by molar-refractivity contribution is 5.76. The van der Waals surface area contributed by atoms with E-state index in [-0.39, 0.29) is 17.9 Å². The minimum Gasteiger partial charge on any atom is -0.497 e. The van der Waals surface area contributed by atoms with Crippen LogP contribution in [-0.4, -0.2) is 18.0 Å². The van der Waals surface area contributed by atoms with E-state index in [4.69, 9.17) is 9.15 Å². The van der Waals surface area contributed by atoms with Gasteiger partial charge in [0.05, 0.1) is 19.3 Å². The van der Waals surface area contributed by atoms with Gasteiger partial charge in [0.15, 0.2) is 11.7 Å². The van der Waals surface area contributed by atoms with Gasteiger partial charge < -0.3 is 14.5 Å². The van der Waals surface area contributed by atoms with Crippen molar-refractivity contribution in [3.05, 3.63) is 71.2 Å². The smallest absolute Gasteiger partial charge is 0.221 e. The molecule has 2 aromatic carbocycles. The van der Waals surface area contributed by atoms with Crippen molar-refractivity contribution in [2.45, 2.75) is 46.6 Å². The van der Waals surface area contributed by atoms with Crippen molar-refractivity contribution in [1.29, 1.82) is 0 Å². The number of methoxy groups -OCH3 is 1. The molecule has 1 aromatic heterocycles. The van der Waals surface area contributed by atoms with Crippen LogP contribution in [0.25, 0.3) is 11.3 Å². The van der Waals surface area contributed by atoms with Crippen molar-refractivity contribution in [3.8, 4) is 17.1 Å². The first-order valence-corrected chi connectivity index (χ1v) is 10.3. The maximum atomic E-state index is 12.6. The topological polar surface area (TPSA) is 64.4 Å². The Balaban J connectivity index is 1.60. The lowest BCUT2D eigenvalue weighted by atomic mass is 9.95. The Morgan fingerprint density at radius 1 is 1.10 bits per heavy atom. The zero-order valence-electron chi connectivity index (χ0n) is 18.4. The van der Waals surface area contributed by atoms with Crippen LogP contribution < -0.4 is 10.1 Å². The third-order valence-corrected chi connectivity index (χ3v) is 5.37. The third kappa shape index (κ3) is 5.29. The molecule has 0 aliphatic rings. The maximum absolute atomic E-state index is 12.6. The summed E-state index contributed by atoms with van der Waals surface area (Å²) in [4.78, 5) is 16.9. The summed E-state index contributed by atoms with van der Waals surface area (Å²) in [6.45, 7) is 8.35. The zero-order valence-corrected chi connectivity index (χ0v) is 18.4. The molecule has 0 radical (unpaired) electrons. The molecule has 0 unspecified atom stereocenters. The predicted octanol–water partition coefficient (Wildman–Crippen LogP) is 5.41. The first kappa shape index (κ1) is 21.6. The number of aryl methyl sites for hydroxylation is 3. The molecule has 0 aliphatic carbocycles. The second kappa shape index (κ2) is 9.61. The quantitative estimate of drug-likeness (QED) is 0.543. The molecule has 1 amide bonds. The largest absolute Gasteiger partial charge is 0.497 e. The number of nitrogens with one attached hydrogen (secondary N) is 1. The first-order valence-electron chi connectivity index (χ1n) is 10.3. The van der Waals surface area contributed by atoms with E-state index in [0.29, 0.717) is 18.7 Å². The fourth-order valence-electron chi connectivity index (χ4n) is 3.37.